The van der Waals surface area contributed by atoms with Crippen LogP contribution in [0, 0.1) is 13.8 Å². The first-order chi connectivity index (χ1) is 11.0. The van der Waals surface area contributed by atoms with E-state index in [-0.39, 0.29) is 11.9 Å². The van der Waals surface area contributed by atoms with Gasteiger partial charge in [0.25, 0.3) is 0 Å². The molecule has 0 fully saturated rings. The van der Waals surface area contributed by atoms with Crippen LogP contribution in [-0.2, 0) is 11.2 Å². The summed E-state index contributed by atoms with van der Waals surface area (Å²) in [6.45, 7) is 5.88. The Morgan fingerprint density at radius 3 is 2.52 bits per heavy atom. The van der Waals surface area contributed by atoms with Crippen LogP contribution in [0.1, 0.15) is 42.0 Å². The number of carbonyl (C=O) groups is 1. The fourth-order valence-electron chi connectivity index (χ4n) is 2.42. The van der Waals surface area contributed by atoms with Crippen molar-refractivity contribution >= 4 is 17.7 Å². The fraction of sp³-hybridized carbons (Fsp3) is 0.412. The van der Waals surface area contributed by atoms with Gasteiger partial charge < -0.3 is 5.32 Å². The molecular weight excluding hydrogens is 308 g/mol. The van der Waals surface area contributed by atoms with Gasteiger partial charge in [-0.1, -0.05) is 17.8 Å². The van der Waals surface area contributed by atoms with E-state index in [4.69, 9.17) is 0 Å². The van der Waals surface area contributed by atoms with Crippen LogP contribution in [0.3, 0.4) is 0 Å². The van der Waals surface area contributed by atoms with Gasteiger partial charge in [0.2, 0.25) is 5.91 Å². The number of pyridine rings is 1. The second-order valence-electron chi connectivity index (χ2n) is 5.40. The lowest BCUT2D eigenvalue weighted by Gasteiger charge is -2.14. The summed E-state index contributed by atoms with van der Waals surface area (Å²) < 4.78 is 0. The molecule has 6 heteroatoms. The number of thioether (sulfide) groups is 1. The number of hydrogen-bond donors (Lipinski definition) is 1. The molecule has 1 atom stereocenters. The second-order valence-corrected chi connectivity index (χ2v) is 6.18. The van der Waals surface area contributed by atoms with Crippen molar-refractivity contribution in [2.75, 3.05) is 6.26 Å². The van der Waals surface area contributed by atoms with Crippen molar-refractivity contribution in [2.24, 2.45) is 0 Å². The molecule has 1 unspecified atom stereocenters. The normalized spacial score (nSPS) is 12.0. The summed E-state index contributed by atoms with van der Waals surface area (Å²) in [6.07, 6.45) is 4.75. The van der Waals surface area contributed by atoms with Crippen LogP contribution >= 0.6 is 11.8 Å². The first-order valence-electron chi connectivity index (χ1n) is 7.59. The van der Waals surface area contributed by atoms with Crippen LogP contribution in [0.2, 0.25) is 0 Å². The van der Waals surface area contributed by atoms with E-state index in [0.717, 1.165) is 27.8 Å². The molecule has 5 nitrogen and oxygen atoms in total. The molecule has 0 aromatic carbocycles. The fourth-order valence-corrected chi connectivity index (χ4v) is 2.88. The van der Waals surface area contributed by atoms with Crippen molar-refractivity contribution in [2.45, 2.75) is 44.8 Å². The van der Waals surface area contributed by atoms with Gasteiger partial charge in [-0.15, -0.1) is 0 Å². The molecule has 0 saturated heterocycles. The zero-order valence-corrected chi connectivity index (χ0v) is 14.8. The number of hydrogen-bond acceptors (Lipinski definition) is 5. The van der Waals surface area contributed by atoms with Crippen LogP contribution in [0.5, 0.6) is 0 Å². The number of nitrogens with one attached hydrogen (secondary N) is 1. The van der Waals surface area contributed by atoms with Gasteiger partial charge in [-0.25, -0.2) is 9.97 Å². The van der Waals surface area contributed by atoms with E-state index in [1.165, 1.54) is 11.8 Å². The highest BCUT2D eigenvalue weighted by Gasteiger charge is 2.13. The van der Waals surface area contributed by atoms with E-state index >= 15 is 0 Å². The maximum Gasteiger partial charge on any atom is 0.220 e. The Hall–Kier alpha value is -1.95. The lowest BCUT2D eigenvalue weighted by molar-refractivity contribution is -0.121. The SMILES string of the molecule is CSc1nc(C)c(CCC(=O)NC(C)c2ccccn2)c(C)n1. The van der Waals surface area contributed by atoms with E-state index in [1.54, 1.807) is 6.20 Å². The Morgan fingerprint density at radius 1 is 1.26 bits per heavy atom. The first kappa shape index (κ1) is 17.4. The summed E-state index contributed by atoms with van der Waals surface area (Å²) in [7, 11) is 0. The van der Waals surface area contributed by atoms with E-state index in [1.807, 2.05) is 45.2 Å². The molecule has 0 aliphatic rings. The van der Waals surface area contributed by atoms with E-state index in [0.29, 0.717) is 12.8 Å². The zero-order valence-electron chi connectivity index (χ0n) is 14.0. The Kier molecular flexibility index (Phi) is 6.10. The predicted octanol–water partition coefficient (Wildman–Crippen LogP) is 3.02. The number of aromatic nitrogens is 3. The minimum Gasteiger partial charge on any atom is -0.348 e. The summed E-state index contributed by atoms with van der Waals surface area (Å²) in [4.78, 5) is 25.3. The van der Waals surface area contributed by atoms with Gasteiger partial charge in [0.15, 0.2) is 5.16 Å². The topological polar surface area (TPSA) is 67.8 Å². The van der Waals surface area contributed by atoms with Crippen LogP contribution in [0.25, 0.3) is 0 Å². The third-order valence-electron chi connectivity index (χ3n) is 3.69. The molecule has 0 aliphatic heterocycles. The molecule has 2 aromatic heterocycles. The van der Waals surface area contributed by atoms with Gasteiger partial charge in [0, 0.05) is 24.0 Å². The average molecular weight is 330 g/mol. The standard InChI is InChI=1S/C17H22N4OS/c1-11-14(12(2)21-17(20-11)23-4)8-9-16(22)19-13(3)15-7-5-6-10-18-15/h5-7,10,13H,8-9H2,1-4H3,(H,19,22). The highest BCUT2D eigenvalue weighted by atomic mass is 32.2. The average Bonchev–Trinajstić information content (AvgIpc) is 2.54. The van der Waals surface area contributed by atoms with Crippen molar-refractivity contribution in [1.82, 2.24) is 20.3 Å². The summed E-state index contributed by atoms with van der Waals surface area (Å²) in [5.41, 5.74) is 3.82. The lowest BCUT2D eigenvalue weighted by Crippen LogP contribution is -2.27. The van der Waals surface area contributed by atoms with Crippen LogP contribution in [0.4, 0.5) is 0 Å². The number of aryl methyl sites for hydroxylation is 2. The Labute approximate surface area is 141 Å². The summed E-state index contributed by atoms with van der Waals surface area (Å²) >= 11 is 1.53. The zero-order chi connectivity index (χ0) is 16.8. The summed E-state index contributed by atoms with van der Waals surface area (Å²) in [5.74, 6) is 0.0101. The monoisotopic (exact) mass is 330 g/mol. The van der Waals surface area contributed by atoms with Gasteiger partial charge in [0.1, 0.15) is 0 Å². The molecular formula is C17H22N4OS. The van der Waals surface area contributed by atoms with Gasteiger partial charge in [-0.2, -0.15) is 0 Å². The largest absolute Gasteiger partial charge is 0.348 e. The smallest absolute Gasteiger partial charge is 0.220 e. The van der Waals surface area contributed by atoms with E-state index in [9.17, 15) is 4.79 Å². The molecule has 23 heavy (non-hydrogen) atoms. The van der Waals surface area contributed by atoms with Crippen molar-refractivity contribution in [1.29, 1.82) is 0 Å². The van der Waals surface area contributed by atoms with Crippen molar-refractivity contribution in [3.8, 4) is 0 Å². The highest BCUT2D eigenvalue weighted by Crippen LogP contribution is 2.17. The molecule has 1 N–H and O–H groups in total. The predicted molar refractivity (Wildman–Crippen MR) is 92.4 cm³/mol. The minimum absolute atomic E-state index is 0.0101. The first-order valence-corrected chi connectivity index (χ1v) is 8.82. The Bertz CT molecular complexity index is 653. The maximum absolute atomic E-state index is 12.2. The van der Waals surface area contributed by atoms with E-state index < -0.39 is 0 Å². The molecule has 122 valence electrons. The number of amides is 1. The van der Waals surface area contributed by atoms with Crippen molar-refractivity contribution < 1.29 is 4.79 Å². The molecule has 0 aliphatic carbocycles. The van der Waals surface area contributed by atoms with Gasteiger partial charge in [0.05, 0.1) is 11.7 Å². The summed E-state index contributed by atoms with van der Waals surface area (Å²) in [5, 5.41) is 3.76. The number of nitrogens with zero attached hydrogens (tertiary/aromatic N) is 3. The van der Waals surface area contributed by atoms with E-state index in [2.05, 4.69) is 20.3 Å². The number of rotatable bonds is 6. The molecule has 1 amide bonds. The molecule has 0 radical (unpaired) electrons. The quantitative estimate of drug-likeness (QED) is 0.651. The van der Waals surface area contributed by atoms with Gasteiger partial charge in [-0.05, 0) is 51.1 Å². The summed E-state index contributed by atoms with van der Waals surface area (Å²) in [6, 6.07) is 5.60. The van der Waals surface area contributed by atoms with Crippen LogP contribution < -0.4 is 5.32 Å². The molecule has 0 spiro atoms. The van der Waals surface area contributed by atoms with Crippen molar-refractivity contribution in [3.63, 3.8) is 0 Å². The van der Waals surface area contributed by atoms with Gasteiger partial charge in [-0.3, -0.25) is 9.78 Å². The lowest BCUT2D eigenvalue weighted by atomic mass is 10.1. The van der Waals surface area contributed by atoms with Gasteiger partial charge >= 0.3 is 0 Å². The van der Waals surface area contributed by atoms with Crippen LogP contribution in [0.15, 0.2) is 29.6 Å². The molecule has 2 aromatic rings. The highest BCUT2D eigenvalue weighted by molar-refractivity contribution is 7.98. The Morgan fingerprint density at radius 2 is 1.96 bits per heavy atom. The Balaban J connectivity index is 1.95. The molecule has 0 saturated carbocycles. The maximum atomic E-state index is 12.2. The third kappa shape index (κ3) is 4.76. The third-order valence-corrected chi connectivity index (χ3v) is 4.24. The molecule has 2 heterocycles. The minimum atomic E-state index is -0.0963. The second kappa shape index (κ2) is 8.06. The molecule has 2 rings (SSSR count). The van der Waals surface area contributed by atoms with Crippen LogP contribution in [-0.4, -0.2) is 27.1 Å². The van der Waals surface area contributed by atoms with Crippen molar-refractivity contribution in [3.05, 3.63) is 47.0 Å². The number of carbonyl (C=O) groups excluding carboxylic acids is 1. The molecule has 0 bridgehead atoms.